The van der Waals surface area contributed by atoms with Crippen molar-refractivity contribution in [2.24, 2.45) is 0 Å². The molecule has 0 radical (unpaired) electrons. The Morgan fingerprint density at radius 1 is 1.21 bits per heavy atom. The molecule has 0 amide bonds. The molecule has 0 bridgehead atoms. The highest BCUT2D eigenvalue weighted by Crippen LogP contribution is 2.26. The summed E-state index contributed by atoms with van der Waals surface area (Å²) < 4.78 is 19.7. The van der Waals surface area contributed by atoms with Gasteiger partial charge in [-0.1, -0.05) is 11.6 Å². The second-order valence-electron chi connectivity index (χ2n) is 7.13. The number of ether oxygens (including phenoxy) is 1. The number of piperidine rings is 1. The molecule has 0 aliphatic carbocycles. The Hall–Kier alpha value is -2.19. The van der Waals surface area contributed by atoms with E-state index in [0.717, 1.165) is 38.3 Å². The fourth-order valence-corrected chi connectivity index (χ4v) is 3.89. The van der Waals surface area contributed by atoms with Crippen LogP contribution in [0, 0.1) is 5.82 Å². The topological polar surface area (TPSA) is 57.6 Å². The molecule has 4 rings (SSSR count). The highest BCUT2D eigenvalue weighted by Gasteiger charge is 2.27. The molecule has 0 aromatic carbocycles. The molecule has 1 unspecified atom stereocenters. The maximum atomic E-state index is 14.3. The number of morpholine rings is 1. The van der Waals surface area contributed by atoms with Crippen LogP contribution in [0.4, 0.5) is 22.0 Å². The summed E-state index contributed by atoms with van der Waals surface area (Å²) in [5.74, 6) is 1.56. The van der Waals surface area contributed by atoms with E-state index in [1.165, 1.54) is 12.3 Å². The van der Waals surface area contributed by atoms with Gasteiger partial charge in [-0.2, -0.15) is 4.98 Å². The molecule has 1 atom stereocenters. The minimum absolute atomic E-state index is 0.172. The number of hydrogen-bond acceptors (Lipinski definition) is 7. The number of halogens is 2. The highest BCUT2D eigenvalue weighted by atomic mass is 35.5. The van der Waals surface area contributed by atoms with Crippen molar-refractivity contribution in [2.75, 3.05) is 61.1 Å². The molecule has 7 nitrogen and oxygen atoms in total. The quantitative estimate of drug-likeness (QED) is 0.773. The maximum Gasteiger partial charge on any atom is 0.227 e. The summed E-state index contributed by atoms with van der Waals surface area (Å²) in [7, 11) is 2.00. The van der Waals surface area contributed by atoms with Gasteiger partial charge in [-0.3, -0.25) is 0 Å². The summed E-state index contributed by atoms with van der Waals surface area (Å²) in [5, 5.41) is 0.306. The second-order valence-corrected chi connectivity index (χ2v) is 7.56. The van der Waals surface area contributed by atoms with E-state index in [1.807, 2.05) is 18.0 Å². The Labute approximate surface area is 169 Å². The van der Waals surface area contributed by atoms with Crippen molar-refractivity contribution >= 4 is 29.2 Å². The molecule has 2 saturated heterocycles. The Balaban J connectivity index is 1.49. The van der Waals surface area contributed by atoms with Crippen molar-refractivity contribution in [3.8, 4) is 0 Å². The van der Waals surface area contributed by atoms with E-state index >= 15 is 0 Å². The van der Waals surface area contributed by atoms with Crippen LogP contribution in [-0.4, -0.2) is 67.4 Å². The van der Waals surface area contributed by atoms with Gasteiger partial charge in [0.1, 0.15) is 5.82 Å². The smallest absolute Gasteiger partial charge is 0.227 e. The molecule has 0 spiro atoms. The first-order chi connectivity index (χ1) is 13.6. The molecule has 2 aromatic rings. The van der Waals surface area contributed by atoms with Gasteiger partial charge < -0.3 is 19.4 Å². The summed E-state index contributed by atoms with van der Waals surface area (Å²) in [6, 6.07) is 3.42. The zero-order valence-electron chi connectivity index (χ0n) is 15.9. The van der Waals surface area contributed by atoms with E-state index in [-0.39, 0.29) is 11.9 Å². The lowest BCUT2D eigenvalue weighted by Crippen LogP contribution is -2.48. The van der Waals surface area contributed by atoms with Crippen LogP contribution in [0.5, 0.6) is 0 Å². The zero-order chi connectivity index (χ0) is 19.5. The molecule has 2 aromatic heterocycles. The van der Waals surface area contributed by atoms with Gasteiger partial charge in [0.05, 0.1) is 18.2 Å². The van der Waals surface area contributed by atoms with Gasteiger partial charge in [-0.25, -0.2) is 14.4 Å². The van der Waals surface area contributed by atoms with E-state index in [4.69, 9.17) is 21.3 Å². The first-order valence-electron chi connectivity index (χ1n) is 9.56. The van der Waals surface area contributed by atoms with Crippen LogP contribution in [0.25, 0.3) is 0 Å². The SMILES string of the molecule is CN(c1nccc(N2CCOCC2)n1)C1CCCN(c2ncc(Cl)cc2F)C1. The minimum atomic E-state index is -0.388. The average Bonchev–Trinajstić information content (AvgIpc) is 2.74. The van der Waals surface area contributed by atoms with Gasteiger partial charge in [-0.15, -0.1) is 0 Å². The van der Waals surface area contributed by atoms with Crippen LogP contribution in [0.15, 0.2) is 24.5 Å². The molecule has 2 fully saturated rings. The van der Waals surface area contributed by atoms with E-state index in [0.29, 0.717) is 36.5 Å². The summed E-state index contributed by atoms with van der Waals surface area (Å²) >= 11 is 5.84. The van der Waals surface area contributed by atoms with Crippen LogP contribution in [-0.2, 0) is 4.74 Å². The number of rotatable bonds is 4. The minimum Gasteiger partial charge on any atom is -0.378 e. The van der Waals surface area contributed by atoms with Gasteiger partial charge in [0.15, 0.2) is 11.6 Å². The van der Waals surface area contributed by atoms with Crippen LogP contribution >= 0.6 is 11.6 Å². The summed E-state index contributed by atoms with van der Waals surface area (Å²) in [6.45, 7) is 4.52. The van der Waals surface area contributed by atoms with E-state index in [2.05, 4.69) is 19.8 Å². The molecular weight excluding hydrogens is 383 g/mol. The van der Waals surface area contributed by atoms with Crippen LogP contribution in [0.1, 0.15) is 12.8 Å². The molecule has 28 heavy (non-hydrogen) atoms. The fraction of sp³-hybridized carbons (Fsp3) is 0.526. The molecule has 9 heteroatoms. The fourth-order valence-electron chi connectivity index (χ4n) is 3.74. The van der Waals surface area contributed by atoms with E-state index < -0.39 is 0 Å². The standard InChI is InChI=1S/C19H24ClFN6O/c1-25(19-22-5-4-17(24-19)26-7-9-28-10-8-26)15-3-2-6-27(13-15)18-16(21)11-14(20)12-23-18/h4-5,11-12,15H,2-3,6-10,13H2,1H3. The van der Waals surface area contributed by atoms with E-state index in [9.17, 15) is 4.39 Å². The molecule has 2 aliphatic heterocycles. The highest BCUT2D eigenvalue weighted by molar-refractivity contribution is 6.30. The molecule has 4 heterocycles. The largest absolute Gasteiger partial charge is 0.378 e. The Kier molecular flexibility index (Phi) is 5.77. The first kappa shape index (κ1) is 19.1. The third kappa shape index (κ3) is 4.12. The lowest BCUT2D eigenvalue weighted by molar-refractivity contribution is 0.122. The zero-order valence-corrected chi connectivity index (χ0v) is 16.6. The molecule has 0 saturated carbocycles. The maximum absolute atomic E-state index is 14.3. The summed E-state index contributed by atoms with van der Waals surface area (Å²) in [6.07, 6.45) is 5.22. The number of aromatic nitrogens is 3. The molecular formula is C19H24ClFN6O. The number of nitrogens with zero attached hydrogens (tertiary/aromatic N) is 6. The predicted molar refractivity (Wildman–Crippen MR) is 108 cm³/mol. The summed E-state index contributed by atoms with van der Waals surface area (Å²) in [5.41, 5.74) is 0. The van der Waals surface area contributed by atoms with Gasteiger partial charge in [0.2, 0.25) is 5.95 Å². The Morgan fingerprint density at radius 3 is 2.82 bits per heavy atom. The molecule has 150 valence electrons. The summed E-state index contributed by atoms with van der Waals surface area (Å²) in [4.78, 5) is 19.7. The van der Waals surface area contributed by atoms with Gasteiger partial charge in [0, 0.05) is 51.7 Å². The molecule has 0 N–H and O–H groups in total. The van der Waals surface area contributed by atoms with E-state index in [1.54, 1.807) is 6.20 Å². The first-order valence-corrected chi connectivity index (χ1v) is 9.94. The van der Waals surface area contributed by atoms with Crippen molar-refractivity contribution in [1.82, 2.24) is 15.0 Å². The van der Waals surface area contributed by atoms with Crippen LogP contribution in [0.2, 0.25) is 5.02 Å². The third-order valence-corrected chi connectivity index (χ3v) is 5.52. The van der Waals surface area contributed by atoms with Crippen molar-refractivity contribution in [2.45, 2.75) is 18.9 Å². The van der Waals surface area contributed by atoms with Crippen molar-refractivity contribution in [3.63, 3.8) is 0 Å². The number of anilines is 3. The number of likely N-dealkylation sites (N-methyl/N-ethyl adjacent to an activating group) is 1. The third-order valence-electron chi connectivity index (χ3n) is 5.31. The van der Waals surface area contributed by atoms with Crippen molar-refractivity contribution < 1.29 is 9.13 Å². The average molecular weight is 407 g/mol. The van der Waals surface area contributed by atoms with Crippen LogP contribution < -0.4 is 14.7 Å². The van der Waals surface area contributed by atoms with Crippen molar-refractivity contribution in [1.29, 1.82) is 0 Å². The number of hydrogen-bond donors (Lipinski definition) is 0. The van der Waals surface area contributed by atoms with Gasteiger partial charge >= 0.3 is 0 Å². The monoisotopic (exact) mass is 406 g/mol. The normalized spacial score (nSPS) is 20.3. The number of pyridine rings is 1. The van der Waals surface area contributed by atoms with Gasteiger partial charge in [-0.05, 0) is 25.0 Å². The lowest BCUT2D eigenvalue weighted by atomic mass is 10.0. The van der Waals surface area contributed by atoms with Crippen LogP contribution in [0.3, 0.4) is 0 Å². The van der Waals surface area contributed by atoms with Gasteiger partial charge in [0.25, 0.3) is 0 Å². The Bertz CT molecular complexity index is 819. The predicted octanol–water partition coefficient (Wildman–Crippen LogP) is 2.61. The lowest BCUT2D eigenvalue weighted by Gasteiger charge is -2.38. The molecule has 2 aliphatic rings. The van der Waals surface area contributed by atoms with Crippen molar-refractivity contribution in [3.05, 3.63) is 35.4 Å². The Morgan fingerprint density at radius 2 is 2.04 bits per heavy atom. The second kappa shape index (κ2) is 8.45.